The van der Waals surface area contributed by atoms with Crippen molar-refractivity contribution in [3.63, 3.8) is 0 Å². The molecule has 1 aromatic heterocycles. The van der Waals surface area contributed by atoms with Crippen LogP contribution in [-0.2, 0) is 24.4 Å². The predicted molar refractivity (Wildman–Crippen MR) is 109 cm³/mol. The average molecular weight is 468 g/mol. The van der Waals surface area contributed by atoms with E-state index >= 15 is 0 Å². The topological polar surface area (TPSA) is 84.2 Å². The first-order valence-electron chi connectivity index (χ1n) is 8.38. The Balaban J connectivity index is 0.00000288. The molecule has 1 heterocycles. The monoisotopic (exact) mass is 468 g/mol. The fraction of sp³-hybridized carbons (Fsp3) is 0.800. The zero-order valence-corrected chi connectivity index (χ0v) is 17.8. The van der Waals surface area contributed by atoms with Crippen molar-refractivity contribution in [2.24, 2.45) is 12.0 Å². The SMILES string of the molecule is CCNC(=NCc1nncn1C)NC1CCCC(S(=O)CC)C1.I. The van der Waals surface area contributed by atoms with Gasteiger partial charge in [0.2, 0.25) is 0 Å². The smallest absolute Gasteiger partial charge is 0.191 e. The maximum Gasteiger partial charge on any atom is 0.191 e. The first kappa shape index (κ1) is 21.3. The number of aromatic nitrogens is 3. The van der Waals surface area contributed by atoms with Gasteiger partial charge in [0, 0.05) is 41.4 Å². The van der Waals surface area contributed by atoms with Gasteiger partial charge in [0.25, 0.3) is 0 Å². The second-order valence-electron chi connectivity index (χ2n) is 5.85. The predicted octanol–water partition coefficient (Wildman–Crippen LogP) is 1.57. The summed E-state index contributed by atoms with van der Waals surface area (Å²) >= 11 is 0. The van der Waals surface area contributed by atoms with Gasteiger partial charge in [-0.25, -0.2) is 4.99 Å². The third-order valence-corrected chi connectivity index (χ3v) is 5.89. The number of nitrogens with one attached hydrogen (secondary N) is 2. The molecule has 2 N–H and O–H groups in total. The highest BCUT2D eigenvalue weighted by molar-refractivity contribution is 14.0. The van der Waals surface area contributed by atoms with Gasteiger partial charge in [-0.15, -0.1) is 34.2 Å². The van der Waals surface area contributed by atoms with Crippen LogP contribution < -0.4 is 10.6 Å². The van der Waals surface area contributed by atoms with Crippen LogP contribution in [-0.4, -0.2) is 48.5 Å². The van der Waals surface area contributed by atoms with Crippen LogP contribution in [0.4, 0.5) is 0 Å². The Hall–Kier alpha value is -0.710. The minimum Gasteiger partial charge on any atom is -0.357 e. The van der Waals surface area contributed by atoms with Gasteiger partial charge in [-0.2, -0.15) is 0 Å². The van der Waals surface area contributed by atoms with E-state index in [0.717, 1.165) is 49.8 Å². The van der Waals surface area contributed by atoms with E-state index in [2.05, 4.69) is 32.7 Å². The van der Waals surface area contributed by atoms with Crippen molar-refractivity contribution in [3.8, 4) is 0 Å². The highest BCUT2D eigenvalue weighted by Crippen LogP contribution is 2.22. The molecular weight excluding hydrogens is 439 g/mol. The van der Waals surface area contributed by atoms with E-state index in [1.165, 1.54) is 0 Å². The lowest BCUT2D eigenvalue weighted by Crippen LogP contribution is -2.46. The van der Waals surface area contributed by atoms with Crippen molar-refractivity contribution in [2.45, 2.75) is 57.4 Å². The van der Waals surface area contributed by atoms with Crippen molar-refractivity contribution in [1.82, 2.24) is 25.4 Å². The highest BCUT2D eigenvalue weighted by atomic mass is 127. The van der Waals surface area contributed by atoms with Gasteiger partial charge >= 0.3 is 0 Å². The lowest BCUT2D eigenvalue weighted by Gasteiger charge is -2.30. The summed E-state index contributed by atoms with van der Waals surface area (Å²) in [5.41, 5.74) is 0. The van der Waals surface area contributed by atoms with Crippen LogP contribution in [0.15, 0.2) is 11.3 Å². The Morgan fingerprint density at radius 2 is 2.25 bits per heavy atom. The molecule has 0 amide bonds. The summed E-state index contributed by atoms with van der Waals surface area (Å²) in [6.45, 7) is 5.35. The van der Waals surface area contributed by atoms with E-state index in [9.17, 15) is 4.21 Å². The zero-order valence-electron chi connectivity index (χ0n) is 14.7. The first-order valence-corrected chi connectivity index (χ1v) is 9.77. The second kappa shape index (κ2) is 11.0. The summed E-state index contributed by atoms with van der Waals surface area (Å²) in [7, 11) is 1.21. The van der Waals surface area contributed by atoms with Gasteiger partial charge in [-0.3, -0.25) is 4.21 Å². The minimum absolute atomic E-state index is 0. The number of hydrogen-bond acceptors (Lipinski definition) is 4. The molecule has 7 nitrogen and oxygen atoms in total. The van der Waals surface area contributed by atoms with Crippen LogP contribution >= 0.6 is 24.0 Å². The van der Waals surface area contributed by atoms with E-state index in [0.29, 0.717) is 17.8 Å². The summed E-state index contributed by atoms with van der Waals surface area (Å²) in [5.74, 6) is 2.37. The van der Waals surface area contributed by atoms with Crippen molar-refractivity contribution < 1.29 is 4.21 Å². The van der Waals surface area contributed by atoms with Crippen LogP contribution in [0.1, 0.15) is 45.4 Å². The highest BCUT2D eigenvalue weighted by Gasteiger charge is 2.26. The van der Waals surface area contributed by atoms with Crippen LogP contribution in [0.5, 0.6) is 0 Å². The molecule has 1 aromatic rings. The summed E-state index contributed by atoms with van der Waals surface area (Å²) < 4.78 is 13.9. The normalized spacial score (nSPS) is 22.5. The summed E-state index contributed by atoms with van der Waals surface area (Å²) in [4.78, 5) is 4.60. The van der Waals surface area contributed by atoms with Gasteiger partial charge in [0.1, 0.15) is 12.9 Å². The molecule has 3 unspecified atom stereocenters. The van der Waals surface area contributed by atoms with Crippen molar-refractivity contribution in [1.29, 1.82) is 0 Å². The third-order valence-electron chi connectivity index (χ3n) is 4.15. The Labute approximate surface area is 164 Å². The Morgan fingerprint density at radius 3 is 2.88 bits per heavy atom. The van der Waals surface area contributed by atoms with Crippen LogP contribution in [0.2, 0.25) is 0 Å². The molecule has 2 rings (SSSR count). The van der Waals surface area contributed by atoms with Crippen molar-refractivity contribution in [2.75, 3.05) is 12.3 Å². The molecule has 9 heteroatoms. The summed E-state index contributed by atoms with van der Waals surface area (Å²) in [5, 5.41) is 15.0. The summed E-state index contributed by atoms with van der Waals surface area (Å²) in [6, 6.07) is 0.335. The standard InChI is InChI=1S/C15H28N6OS.HI/c1-4-16-15(17-10-14-20-18-11-21(14)3)19-12-7-6-8-13(9-12)23(22)5-2;/h11-13H,4-10H2,1-3H3,(H2,16,17,19);1H. The van der Waals surface area contributed by atoms with Gasteiger partial charge in [0.05, 0.1) is 0 Å². The Bertz CT molecular complexity index is 550. The quantitative estimate of drug-likeness (QED) is 0.376. The molecule has 1 fully saturated rings. The molecule has 0 spiro atoms. The first-order chi connectivity index (χ1) is 11.1. The minimum atomic E-state index is -0.706. The van der Waals surface area contributed by atoms with E-state index in [1.807, 2.05) is 18.5 Å². The number of hydrogen-bond donors (Lipinski definition) is 2. The van der Waals surface area contributed by atoms with Crippen molar-refractivity contribution >= 4 is 40.7 Å². The van der Waals surface area contributed by atoms with Gasteiger partial charge in [-0.05, 0) is 26.2 Å². The van der Waals surface area contributed by atoms with E-state index in [4.69, 9.17) is 0 Å². The lowest BCUT2D eigenvalue weighted by atomic mass is 9.95. The molecule has 0 bridgehead atoms. The average Bonchev–Trinajstić information content (AvgIpc) is 2.97. The maximum absolute atomic E-state index is 12.1. The molecule has 0 aromatic carbocycles. The number of rotatable bonds is 6. The van der Waals surface area contributed by atoms with Gasteiger partial charge in [0.15, 0.2) is 11.8 Å². The number of guanidine groups is 1. The van der Waals surface area contributed by atoms with E-state index in [-0.39, 0.29) is 24.0 Å². The Kier molecular flexibility index (Phi) is 9.79. The Morgan fingerprint density at radius 1 is 1.46 bits per heavy atom. The molecule has 0 aliphatic heterocycles. The zero-order chi connectivity index (χ0) is 16.7. The summed E-state index contributed by atoms with van der Waals surface area (Å²) in [6.07, 6.45) is 5.93. The molecule has 1 saturated carbocycles. The molecule has 0 saturated heterocycles. The van der Waals surface area contributed by atoms with Crippen molar-refractivity contribution in [3.05, 3.63) is 12.2 Å². The molecule has 1 aliphatic rings. The molecular formula is C15H29IN6OS. The fourth-order valence-electron chi connectivity index (χ4n) is 2.86. The molecule has 24 heavy (non-hydrogen) atoms. The molecule has 3 atom stereocenters. The molecule has 138 valence electrons. The number of halogens is 1. The maximum atomic E-state index is 12.1. The third kappa shape index (κ3) is 6.30. The van der Waals surface area contributed by atoms with E-state index in [1.54, 1.807) is 6.33 Å². The van der Waals surface area contributed by atoms with Gasteiger partial charge < -0.3 is 15.2 Å². The van der Waals surface area contributed by atoms with Crippen LogP contribution in [0, 0.1) is 0 Å². The number of aryl methyl sites for hydroxylation is 1. The van der Waals surface area contributed by atoms with Crippen LogP contribution in [0.25, 0.3) is 0 Å². The second-order valence-corrected chi connectivity index (χ2v) is 7.86. The molecule has 1 aliphatic carbocycles. The number of nitrogens with zero attached hydrogens (tertiary/aromatic N) is 4. The fourth-order valence-corrected chi connectivity index (χ4v) is 4.21. The van der Waals surface area contributed by atoms with Crippen LogP contribution in [0.3, 0.4) is 0 Å². The molecule has 0 radical (unpaired) electrons. The van der Waals surface area contributed by atoms with E-state index < -0.39 is 10.8 Å². The number of aliphatic imine (C=N–C) groups is 1. The lowest BCUT2D eigenvalue weighted by molar-refractivity contribution is 0.413. The largest absolute Gasteiger partial charge is 0.357 e. The van der Waals surface area contributed by atoms with Gasteiger partial charge in [-0.1, -0.05) is 13.3 Å².